The van der Waals surface area contributed by atoms with Crippen LogP contribution in [0.5, 0.6) is 0 Å². The Morgan fingerprint density at radius 1 is 0.812 bits per heavy atom. The van der Waals surface area contributed by atoms with Gasteiger partial charge in [0, 0.05) is 26.2 Å². The van der Waals surface area contributed by atoms with Crippen molar-refractivity contribution in [2.45, 2.75) is 25.6 Å². The molecule has 2 rings (SSSR count). The molecule has 0 spiro atoms. The first kappa shape index (κ1) is 12.3. The van der Waals surface area contributed by atoms with E-state index in [1.54, 1.807) is 0 Å². The van der Waals surface area contributed by atoms with Gasteiger partial charge in [0.2, 0.25) is 0 Å². The van der Waals surface area contributed by atoms with Gasteiger partial charge in [-0.05, 0) is 12.8 Å². The summed E-state index contributed by atoms with van der Waals surface area (Å²) in [5.74, 6) is 0. The van der Waals surface area contributed by atoms with Crippen LogP contribution in [0.1, 0.15) is 19.3 Å². The summed E-state index contributed by atoms with van der Waals surface area (Å²) < 4.78 is 27.4. The zero-order valence-electron chi connectivity index (χ0n) is 9.48. The molecule has 93 valence electrons. The van der Waals surface area contributed by atoms with Crippen LogP contribution < -0.4 is 0 Å². The van der Waals surface area contributed by atoms with Crippen LogP contribution in [0.4, 0.5) is 0 Å². The van der Waals surface area contributed by atoms with E-state index < -0.39 is 6.29 Å². The van der Waals surface area contributed by atoms with Gasteiger partial charge in [0.05, 0.1) is 13.2 Å². The summed E-state index contributed by atoms with van der Waals surface area (Å²) in [7, 11) is 0. The lowest BCUT2D eigenvalue weighted by Gasteiger charge is -2.29. The predicted octanol–water partition coefficient (Wildman–Crippen LogP) is 1.08. The molecule has 5 heteroatoms. The lowest BCUT2D eigenvalue weighted by atomic mass is 10.2. The highest BCUT2D eigenvalue weighted by Crippen LogP contribution is 2.21. The van der Waals surface area contributed by atoms with Crippen LogP contribution in [0.3, 0.4) is 0 Å². The highest BCUT2D eigenvalue weighted by molar-refractivity contribution is 4.84. The summed E-state index contributed by atoms with van der Waals surface area (Å²) in [5.41, 5.74) is 0. The first-order valence-electron chi connectivity index (χ1n) is 5.84. The summed E-state index contributed by atoms with van der Waals surface area (Å²) in [5, 5.41) is 0. The Balaban J connectivity index is 1.81. The molecule has 0 aromatic rings. The lowest BCUT2D eigenvalue weighted by molar-refractivity contribution is -0.230. The Morgan fingerprint density at radius 2 is 1.69 bits per heavy atom. The third kappa shape index (κ3) is 3.99. The summed E-state index contributed by atoms with van der Waals surface area (Å²) in [6, 6.07) is 0. The molecule has 0 amide bonds. The average Bonchev–Trinajstić information content (AvgIpc) is 2.18. The van der Waals surface area contributed by atoms with Crippen molar-refractivity contribution in [1.29, 1.82) is 0 Å². The van der Waals surface area contributed by atoms with Crippen molar-refractivity contribution in [3.05, 3.63) is 6.10 Å². The first-order chi connectivity index (χ1) is 7.97. The summed E-state index contributed by atoms with van der Waals surface area (Å²) in [6.07, 6.45) is 2.95. The topological polar surface area (TPSA) is 46.2 Å². The highest BCUT2D eigenvalue weighted by Gasteiger charge is 2.27. The third-order valence-corrected chi connectivity index (χ3v) is 2.48. The molecule has 1 atom stereocenters. The highest BCUT2D eigenvalue weighted by atomic mass is 16.8. The normalized spacial score (nSPS) is 31.1. The third-order valence-electron chi connectivity index (χ3n) is 2.48. The molecule has 0 saturated carbocycles. The van der Waals surface area contributed by atoms with Gasteiger partial charge in [0.1, 0.15) is 6.79 Å². The second kappa shape index (κ2) is 7.19. The summed E-state index contributed by atoms with van der Waals surface area (Å²) in [6.45, 7) is 3.68. The molecule has 0 bridgehead atoms. The standard InChI is InChI=1S/C11H19O5/c1-4-12-8-3-10(14-6-1)11-15-7-2-5-13-9-16-11/h11H,1-9H2. The minimum Gasteiger partial charge on any atom is -0.381 e. The van der Waals surface area contributed by atoms with Gasteiger partial charge in [-0.3, -0.25) is 0 Å². The van der Waals surface area contributed by atoms with Crippen molar-refractivity contribution in [1.82, 2.24) is 0 Å². The maximum absolute atomic E-state index is 5.65. The maximum atomic E-state index is 5.65. The van der Waals surface area contributed by atoms with Crippen LogP contribution in [0.25, 0.3) is 0 Å². The monoisotopic (exact) mass is 231 g/mol. The van der Waals surface area contributed by atoms with Crippen molar-refractivity contribution in [2.24, 2.45) is 0 Å². The lowest BCUT2D eigenvalue weighted by Crippen LogP contribution is -2.33. The molecular formula is C11H19O5. The molecule has 1 radical (unpaired) electrons. The first-order valence-corrected chi connectivity index (χ1v) is 5.84. The number of hydrogen-bond acceptors (Lipinski definition) is 5. The summed E-state index contributed by atoms with van der Waals surface area (Å²) in [4.78, 5) is 0. The maximum Gasteiger partial charge on any atom is 0.192 e. The van der Waals surface area contributed by atoms with E-state index in [1.807, 2.05) is 0 Å². The van der Waals surface area contributed by atoms with Crippen LogP contribution in [-0.4, -0.2) is 46.1 Å². The van der Waals surface area contributed by atoms with Crippen LogP contribution in [0.15, 0.2) is 0 Å². The Kier molecular flexibility index (Phi) is 5.51. The Morgan fingerprint density at radius 3 is 2.69 bits per heavy atom. The van der Waals surface area contributed by atoms with Crippen molar-refractivity contribution in [3.8, 4) is 0 Å². The fourth-order valence-corrected chi connectivity index (χ4v) is 1.65. The molecular weight excluding hydrogens is 212 g/mol. The minimum atomic E-state index is -0.401. The number of rotatable bonds is 1. The molecule has 2 fully saturated rings. The van der Waals surface area contributed by atoms with Gasteiger partial charge in [-0.15, -0.1) is 0 Å². The second-order valence-corrected chi connectivity index (χ2v) is 3.78. The van der Waals surface area contributed by atoms with E-state index in [0.29, 0.717) is 26.4 Å². The molecule has 0 aliphatic carbocycles. The average molecular weight is 231 g/mol. The molecule has 0 N–H and O–H groups in total. The molecule has 2 heterocycles. The van der Waals surface area contributed by atoms with Crippen LogP contribution in [-0.2, 0) is 23.7 Å². The molecule has 16 heavy (non-hydrogen) atoms. The molecule has 5 nitrogen and oxygen atoms in total. The quantitative estimate of drug-likeness (QED) is 0.676. The van der Waals surface area contributed by atoms with E-state index in [-0.39, 0.29) is 6.79 Å². The van der Waals surface area contributed by atoms with Gasteiger partial charge >= 0.3 is 0 Å². The summed E-state index contributed by atoms with van der Waals surface area (Å²) >= 11 is 0. The molecule has 2 aliphatic rings. The van der Waals surface area contributed by atoms with E-state index in [4.69, 9.17) is 23.7 Å². The fraction of sp³-hybridized carbons (Fsp3) is 0.909. The zero-order valence-corrected chi connectivity index (χ0v) is 9.48. The minimum absolute atomic E-state index is 0.262. The van der Waals surface area contributed by atoms with Gasteiger partial charge in [-0.2, -0.15) is 0 Å². The van der Waals surface area contributed by atoms with Crippen molar-refractivity contribution in [3.63, 3.8) is 0 Å². The van der Waals surface area contributed by atoms with Gasteiger partial charge in [0.15, 0.2) is 12.4 Å². The van der Waals surface area contributed by atoms with E-state index in [2.05, 4.69) is 0 Å². The molecule has 0 aromatic carbocycles. The zero-order chi connectivity index (χ0) is 11.1. The van der Waals surface area contributed by atoms with Gasteiger partial charge < -0.3 is 23.7 Å². The Hall–Kier alpha value is -0.200. The van der Waals surface area contributed by atoms with Crippen molar-refractivity contribution < 1.29 is 23.7 Å². The fourth-order valence-electron chi connectivity index (χ4n) is 1.65. The Labute approximate surface area is 95.9 Å². The number of ether oxygens (including phenoxy) is 5. The molecule has 2 aliphatic heterocycles. The molecule has 0 aromatic heterocycles. The van der Waals surface area contributed by atoms with Gasteiger partial charge in [-0.25, -0.2) is 0 Å². The van der Waals surface area contributed by atoms with Crippen LogP contribution in [0, 0.1) is 6.10 Å². The van der Waals surface area contributed by atoms with E-state index in [1.165, 1.54) is 0 Å². The van der Waals surface area contributed by atoms with Crippen LogP contribution in [0.2, 0.25) is 0 Å². The van der Waals surface area contributed by atoms with E-state index >= 15 is 0 Å². The SMILES string of the molecule is C1COCC[C](C2OCCCOCO2)OC1. The van der Waals surface area contributed by atoms with Gasteiger partial charge in [-0.1, -0.05) is 0 Å². The van der Waals surface area contributed by atoms with E-state index in [9.17, 15) is 0 Å². The second-order valence-electron chi connectivity index (χ2n) is 3.78. The van der Waals surface area contributed by atoms with Crippen molar-refractivity contribution >= 4 is 0 Å². The molecule has 1 unspecified atom stereocenters. The largest absolute Gasteiger partial charge is 0.381 e. The predicted molar refractivity (Wildman–Crippen MR) is 55.5 cm³/mol. The van der Waals surface area contributed by atoms with E-state index in [0.717, 1.165) is 32.0 Å². The Bertz CT molecular complexity index is 151. The van der Waals surface area contributed by atoms with Crippen molar-refractivity contribution in [2.75, 3.05) is 39.8 Å². The van der Waals surface area contributed by atoms with Gasteiger partial charge in [0.25, 0.3) is 0 Å². The van der Waals surface area contributed by atoms with Crippen LogP contribution >= 0.6 is 0 Å². The number of hydrogen-bond donors (Lipinski definition) is 0. The smallest absolute Gasteiger partial charge is 0.192 e. The molecule has 2 saturated heterocycles.